The minimum atomic E-state index is -1.32. The van der Waals surface area contributed by atoms with Crippen molar-refractivity contribution in [2.75, 3.05) is 20.3 Å². The smallest absolute Gasteiger partial charge is 0.186 e. The van der Waals surface area contributed by atoms with Crippen LogP contribution in [0.4, 0.5) is 0 Å². The highest BCUT2D eigenvalue weighted by Gasteiger charge is 2.21. The number of hydrogen-bond acceptors (Lipinski definition) is 2. The van der Waals surface area contributed by atoms with E-state index in [2.05, 4.69) is 46.2 Å². The predicted molar refractivity (Wildman–Crippen MR) is 192 cm³/mol. The third kappa shape index (κ3) is 28.7. The normalized spacial score (nSPS) is 12.9. The van der Waals surface area contributed by atoms with Gasteiger partial charge < -0.3 is 9.16 Å². The van der Waals surface area contributed by atoms with Crippen LogP contribution in [0.2, 0.25) is 69.5 Å². The van der Waals surface area contributed by atoms with Crippen LogP contribution in [0.5, 0.6) is 0 Å². The van der Waals surface area contributed by atoms with E-state index in [0.29, 0.717) is 0 Å². The molecule has 5 heteroatoms. The second-order valence-electron chi connectivity index (χ2n) is 15.3. The summed E-state index contributed by atoms with van der Waals surface area (Å²) in [5.41, 5.74) is 0. The van der Waals surface area contributed by atoms with Crippen molar-refractivity contribution in [2.45, 2.75) is 205 Å². The van der Waals surface area contributed by atoms with E-state index in [4.69, 9.17) is 9.16 Å². The Labute approximate surface area is 258 Å². The Balaban J connectivity index is 3.53. The van der Waals surface area contributed by atoms with Gasteiger partial charge >= 0.3 is 0 Å². The van der Waals surface area contributed by atoms with Crippen molar-refractivity contribution in [1.82, 2.24) is 0 Å². The molecule has 0 aromatic heterocycles. The van der Waals surface area contributed by atoms with Crippen LogP contribution in [0, 0.1) is 0 Å². The van der Waals surface area contributed by atoms with Crippen molar-refractivity contribution < 1.29 is 9.16 Å². The average molecular weight is 615 g/mol. The summed E-state index contributed by atoms with van der Waals surface area (Å²) in [5, 5.41) is 0. The van der Waals surface area contributed by atoms with E-state index in [0.717, 1.165) is 13.2 Å². The zero-order valence-corrected chi connectivity index (χ0v) is 32.4. The number of unbranched alkanes of at least 4 members (excludes halogenated alkanes) is 17. The molecule has 0 rings (SSSR count). The monoisotopic (exact) mass is 615 g/mol. The Kier molecular flexibility index (Phi) is 26.4. The van der Waals surface area contributed by atoms with E-state index in [-0.39, 0.29) is 0 Å². The van der Waals surface area contributed by atoms with Gasteiger partial charge in [-0.2, -0.15) is 0 Å². The summed E-state index contributed by atoms with van der Waals surface area (Å²) in [6.45, 7) is 19.2. The molecule has 0 aliphatic rings. The number of rotatable bonds is 31. The molecule has 0 radical (unpaired) electrons. The highest BCUT2D eigenvalue weighted by Crippen LogP contribution is 2.26. The number of hydrogen-bond donors (Lipinski definition) is 0. The minimum absolute atomic E-state index is 0.872. The van der Waals surface area contributed by atoms with Gasteiger partial charge in [-0.1, -0.05) is 172 Å². The molecule has 242 valence electrons. The lowest BCUT2D eigenvalue weighted by atomic mass is 10.1. The molecular weight excluding hydrogens is 537 g/mol. The van der Waals surface area contributed by atoms with Crippen LogP contribution in [0.15, 0.2) is 0 Å². The molecule has 0 N–H and O–H groups in total. The van der Waals surface area contributed by atoms with Crippen LogP contribution < -0.4 is 0 Å². The highest BCUT2D eigenvalue weighted by molar-refractivity contribution is 6.77. The van der Waals surface area contributed by atoms with Crippen LogP contribution in [-0.4, -0.2) is 44.8 Å². The van der Waals surface area contributed by atoms with Gasteiger partial charge in [0.05, 0.1) is 0 Å². The maximum atomic E-state index is 5.67. The van der Waals surface area contributed by atoms with Gasteiger partial charge in [0.25, 0.3) is 0 Å². The first-order valence-electron chi connectivity index (χ1n) is 18.2. The zero-order valence-electron chi connectivity index (χ0n) is 29.4. The first kappa shape index (κ1) is 40.6. The Morgan fingerprint density at radius 3 is 0.950 bits per heavy atom. The first-order chi connectivity index (χ1) is 19.0. The molecule has 0 unspecified atom stereocenters. The Morgan fingerprint density at radius 2 is 0.650 bits per heavy atom. The Hall–Kier alpha value is 0.571. The summed E-state index contributed by atoms with van der Waals surface area (Å²) < 4.78 is 11.1. The van der Waals surface area contributed by atoms with E-state index in [9.17, 15) is 0 Å². The summed E-state index contributed by atoms with van der Waals surface area (Å²) in [6, 6.07) is 7.60. The van der Waals surface area contributed by atoms with Gasteiger partial charge in [0.15, 0.2) is 8.32 Å². The lowest BCUT2D eigenvalue weighted by molar-refractivity contribution is 0.143. The van der Waals surface area contributed by atoms with Crippen LogP contribution in [0.1, 0.15) is 135 Å². The fraction of sp³-hybridized carbons (Fsp3) is 1.00. The van der Waals surface area contributed by atoms with Crippen LogP contribution in [-0.2, 0) is 9.16 Å². The molecule has 0 fully saturated rings. The molecular formula is C35H78O2Si3. The van der Waals surface area contributed by atoms with Gasteiger partial charge in [0.2, 0.25) is 0 Å². The van der Waals surface area contributed by atoms with Gasteiger partial charge in [-0.25, -0.2) is 0 Å². The predicted octanol–water partition coefficient (Wildman–Crippen LogP) is 13.1. The lowest BCUT2D eigenvalue weighted by Gasteiger charge is -2.23. The second kappa shape index (κ2) is 26.0. The lowest BCUT2D eigenvalue weighted by Crippen LogP contribution is -2.27. The van der Waals surface area contributed by atoms with Crippen molar-refractivity contribution in [2.24, 2.45) is 0 Å². The van der Waals surface area contributed by atoms with Crippen molar-refractivity contribution in [3.05, 3.63) is 0 Å². The van der Waals surface area contributed by atoms with Crippen molar-refractivity contribution in [3.63, 3.8) is 0 Å². The third-order valence-electron chi connectivity index (χ3n) is 9.49. The summed E-state index contributed by atoms with van der Waals surface area (Å²) in [4.78, 5) is 0. The summed E-state index contributed by atoms with van der Waals surface area (Å²) >= 11 is 0. The van der Waals surface area contributed by atoms with Crippen molar-refractivity contribution >= 4 is 24.5 Å². The van der Waals surface area contributed by atoms with Gasteiger partial charge in [0, 0.05) is 36.5 Å². The molecule has 0 bridgehead atoms. The Bertz CT molecular complexity index is 537. The molecule has 0 saturated heterocycles. The molecule has 0 atom stereocenters. The summed E-state index contributed by atoms with van der Waals surface area (Å²) in [6.07, 6.45) is 29.0. The highest BCUT2D eigenvalue weighted by atomic mass is 28.4. The fourth-order valence-electron chi connectivity index (χ4n) is 6.14. The van der Waals surface area contributed by atoms with Crippen molar-refractivity contribution in [1.29, 1.82) is 0 Å². The largest absolute Gasteiger partial charge is 0.420 e. The molecule has 0 aromatic rings. The van der Waals surface area contributed by atoms with Crippen molar-refractivity contribution in [3.8, 4) is 0 Å². The van der Waals surface area contributed by atoms with Crippen LogP contribution in [0.3, 0.4) is 0 Å². The topological polar surface area (TPSA) is 18.5 Å². The molecule has 0 heterocycles. The van der Waals surface area contributed by atoms with E-state index in [1.54, 1.807) is 24.2 Å². The first-order valence-corrected chi connectivity index (χ1v) is 28.1. The molecule has 0 amide bonds. The third-order valence-corrected chi connectivity index (χ3v) is 19.0. The minimum Gasteiger partial charge on any atom is -0.420 e. The summed E-state index contributed by atoms with van der Waals surface area (Å²) in [5.74, 6) is 0. The molecule has 40 heavy (non-hydrogen) atoms. The average Bonchev–Trinajstić information content (AvgIpc) is 2.90. The SMILES string of the molecule is CCOCCCCCCCCCC[Si](C)(C)CCCCCCCC[Si](C)(C)CCCCCCCC[Si](C)(C)OC. The molecule has 0 spiro atoms. The van der Waals surface area contributed by atoms with Gasteiger partial charge in [-0.3, -0.25) is 0 Å². The quantitative estimate of drug-likeness (QED) is 0.0571. The van der Waals surface area contributed by atoms with E-state index in [1.807, 2.05) is 7.11 Å². The molecule has 0 aliphatic heterocycles. The van der Waals surface area contributed by atoms with E-state index in [1.165, 1.54) is 134 Å². The van der Waals surface area contributed by atoms with Gasteiger partial charge in [0.1, 0.15) is 0 Å². The van der Waals surface area contributed by atoms with E-state index >= 15 is 0 Å². The molecule has 0 aliphatic carbocycles. The Morgan fingerprint density at radius 1 is 0.375 bits per heavy atom. The molecule has 0 saturated carbocycles. The number of ether oxygens (including phenoxy) is 1. The van der Waals surface area contributed by atoms with E-state index < -0.39 is 24.5 Å². The molecule has 0 aromatic carbocycles. The maximum Gasteiger partial charge on any atom is 0.186 e. The maximum absolute atomic E-state index is 5.67. The standard InChI is InChI=1S/C35H78O2Si3/c1-9-37-30-24-18-12-10-11-13-19-25-31-38(3,4)32-26-20-14-15-21-27-33-39(5,6)34-28-22-16-17-23-29-35-40(7,8)36-2/h9-35H2,1-8H3. The van der Waals surface area contributed by atoms with Crippen LogP contribution in [0.25, 0.3) is 0 Å². The fourth-order valence-corrected chi connectivity index (χ4v) is 12.8. The summed E-state index contributed by atoms with van der Waals surface area (Å²) in [7, 11) is -1.31. The van der Waals surface area contributed by atoms with Crippen LogP contribution >= 0.6 is 0 Å². The molecule has 2 nitrogen and oxygen atoms in total. The zero-order chi connectivity index (χ0) is 30.0. The van der Waals surface area contributed by atoms with Gasteiger partial charge in [-0.05, 0) is 32.5 Å². The van der Waals surface area contributed by atoms with Gasteiger partial charge in [-0.15, -0.1) is 0 Å². The second-order valence-corrected chi connectivity index (χ2v) is 30.4.